The third kappa shape index (κ3) is 5.78. The van der Waals surface area contributed by atoms with E-state index >= 15 is 0 Å². The van der Waals surface area contributed by atoms with Gasteiger partial charge in [0, 0.05) is 64.8 Å². The van der Waals surface area contributed by atoms with Gasteiger partial charge < -0.3 is 24.7 Å². The van der Waals surface area contributed by atoms with Crippen LogP contribution < -0.4 is 10.6 Å². The number of hydrogen-bond donors (Lipinski definition) is 2. The highest BCUT2D eigenvalue weighted by molar-refractivity contribution is 6.35. The van der Waals surface area contributed by atoms with Crippen molar-refractivity contribution in [1.29, 1.82) is 0 Å². The number of morpholine rings is 2. The third-order valence-corrected chi connectivity index (χ3v) is 5.29. The molecule has 2 N–H and O–H groups in total. The van der Waals surface area contributed by atoms with Gasteiger partial charge in [0.2, 0.25) is 0 Å². The fraction of sp³-hybridized carbons (Fsp3) is 0.684. The Morgan fingerprint density at radius 3 is 2.32 bits per heavy atom. The number of amides is 2. The summed E-state index contributed by atoms with van der Waals surface area (Å²) in [5, 5.41) is 5.51. The van der Waals surface area contributed by atoms with Crippen LogP contribution in [0.25, 0.3) is 0 Å². The van der Waals surface area contributed by atoms with E-state index in [1.165, 1.54) is 0 Å². The molecule has 2 aliphatic heterocycles. The molecule has 156 valence electrons. The molecule has 0 aromatic carbocycles. The molecule has 2 saturated heterocycles. The van der Waals surface area contributed by atoms with Gasteiger partial charge in [-0.15, -0.1) is 0 Å². The second-order valence-corrected chi connectivity index (χ2v) is 7.13. The molecule has 1 atom stereocenters. The zero-order chi connectivity index (χ0) is 19.8. The largest absolute Gasteiger partial charge is 0.379 e. The first-order chi connectivity index (χ1) is 13.6. The molecule has 2 fully saturated rings. The van der Waals surface area contributed by atoms with Gasteiger partial charge in [0.15, 0.2) is 0 Å². The SMILES string of the molecule is Cn1cccc1C(CNC(=O)C(=O)NCCN1CCOCC1)N1CCOCC1. The van der Waals surface area contributed by atoms with E-state index in [2.05, 4.69) is 31.1 Å². The normalized spacial score (nSPS) is 19.9. The lowest BCUT2D eigenvalue weighted by atomic mass is 10.1. The molecule has 9 nitrogen and oxygen atoms in total. The summed E-state index contributed by atoms with van der Waals surface area (Å²) in [6.07, 6.45) is 1.99. The Morgan fingerprint density at radius 2 is 1.68 bits per heavy atom. The molecule has 0 aliphatic carbocycles. The Morgan fingerprint density at radius 1 is 1.04 bits per heavy atom. The van der Waals surface area contributed by atoms with Crippen molar-refractivity contribution in [2.75, 3.05) is 72.2 Å². The van der Waals surface area contributed by atoms with Gasteiger partial charge in [-0.3, -0.25) is 19.4 Å². The summed E-state index contributed by atoms with van der Waals surface area (Å²) in [7, 11) is 1.99. The van der Waals surface area contributed by atoms with Crippen LogP contribution in [0.1, 0.15) is 11.7 Å². The number of nitrogens with zero attached hydrogens (tertiary/aromatic N) is 3. The predicted octanol–water partition coefficient (Wildman–Crippen LogP) is -1.04. The van der Waals surface area contributed by atoms with Crippen molar-refractivity contribution in [2.24, 2.45) is 7.05 Å². The third-order valence-electron chi connectivity index (χ3n) is 5.29. The van der Waals surface area contributed by atoms with Crippen LogP contribution in [-0.2, 0) is 26.1 Å². The summed E-state index contributed by atoms with van der Waals surface area (Å²) in [5.41, 5.74) is 1.11. The van der Waals surface area contributed by atoms with Gasteiger partial charge in [-0.05, 0) is 12.1 Å². The minimum Gasteiger partial charge on any atom is -0.379 e. The lowest BCUT2D eigenvalue weighted by Gasteiger charge is -2.34. The van der Waals surface area contributed by atoms with Crippen molar-refractivity contribution >= 4 is 11.8 Å². The minimum atomic E-state index is -0.588. The second-order valence-electron chi connectivity index (χ2n) is 7.13. The van der Waals surface area contributed by atoms with Gasteiger partial charge in [-0.25, -0.2) is 0 Å². The number of carbonyl (C=O) groups is 2. The second kappa shape index (κ2) is 10.6. The smallest absolute Gasteiger partial charge is 0.309 e. The standard InChI is InChI=1S/C19H31N5O4/c1-22-5-2-3-16(22)17(24-9-13-28-14-10-24)15-21-19(26)18(25)20-4-6-23-7-11-27-12-8-23/h2-3,5,17H,4,6-15H2,1H3,(H,20,25)(H,21,26). The summed E-state index contributed by atoms with van der Waals surface area (Å²) < 4.78 is 12.8. The number of rotatable bonds is 7. The number of ether oxygens (including phenoxy) is 2. The summed E-state index contributed by atoms with van der Waals surface area (Å²) in [6.45, 7) is 7.68. The van der Waals surface area contributed by atoms with Crippen LogP contribution in [-0.4, -0.2) is 98.4 Å². The molecule has 0 bridgehead atoms. The van der Waals surface area contributed by atoms with Gasteiger partial charge >= 0.3 is 11.8 Å². The first-order valence-electron chi connectivity index (χ1n) is 9.94. The van der Waals surface area contributed by atoms with Crippen molar-refractivity contribution in [1.82, 2.24) is 25.0 Å². The Hall–Kier alpha value is -1.94. The maximum atomic E-state index is 12.3. The van der Waals surface area contributed by atoms with E-state index in [1.807, 2.05) is 19.3 Å². The van der Waals surface area contributed by atoms with Crippen LogP contribution in [0.15, 0.2) is 18.3 Å². The van der Waals surface area contributed by atoms with Crippen molar-refractivity contribution in [2.45, 2.75) is 6.04 Å². The molecule has 9 heteroatoms. The maximum absolute atomic E-state index is 12.3. The van der Waals surface area contributed by atoms with Crippen LogP contribution in [0.4, 0.5) is 0 Å². The monoisotopic (exact) mass is 393 g/mol. The molecule has 1 aromatic heterocycles. The van der Waals surface area contributed by atoms with Crippen molar-refractivity contribution in [3.05, 3.63) is 24.0 Å². The van der Waals surface area contributed by atoms with Crippen molar-refractivity contribution < 1.29 is 19.1 Å². The van der Waals surface area contributed by atoms with Crippen LogP contribution in [0, 0.1) is 0 Å². The molecular formula is C19H31N5O4. The summed E-state index contributed by atoms with van der Waals surface area (Å²) in [6, 6.07) is 4.05. The predicted molar refractivity (Wildman–Crippen MR) is 104 cm³/mol. The molecule has 28 heavy (non-hydrogen) atoms. The average Bonchev–Trinajstić information content (AvgIpc) is 3.15. The number of aromatic nitrogens is 1. The van der Waals surface area contributed by atoms with Crippen LogP contribution in [0.2, 0.25) is 0 Å². The Kier molecular flexibility index (Phi) is 7.84. The zero-order valence-electron chi connectivity index (χ0n) is 16.6. The number of hydrogen-bond acceptors (Lipinski definition) is 6. The molecule has 1 unspecified atom stereocenters. The van der Waals surface area contributed by atoms with E-state index in [9.17, 15) is 9.59 Å². The van der Waals surface area contributed by atoms with Gasteiger partial charge in [0.05, 0.1) is 32.5 Å². The van der Waals surface area contributed by atoms with Crippen LogP contribution in [0.3, 0.4) is 0 Å². The highest BCUT2D eigenvalue weighted by atomic mass is 16.5. The van der Waals surface area contributed by atoms with E-state index in [1.54, 1.807) is 0 Å². The fourth-order valence-electron chi connectivity index (χ4n) is 3.63. The van der Waals surface area contributed by atoms with E-state index in [0.717, 1.165) is 51.6 Å². The van der Waals surface area contributed by atoms with Crippen LogP contribution >= 0.6 is 0 Å². The van der Waals surface area contributed by atoms with Crippen molar-refractivity contribution in [3.8, 4) is 0 Å². The van der Waals surface area contributed by atoms with Gasteiger partial charge in [0.25, 0.3) is 0 Å². The molecule has 0 spiro atoms. The van der Waals surface area contributed by atoms with E-state index < -0.39 is 11.8 Å². The molecule has 2 amide bonds. The number of aryl methyl sites for hydroxylation is 1. The fourth-order valence-corrected chi connectivity index (χ4v) is 3.63. The highest BCUT2D eigenvalue weighted by Crippen LogP contribution is 2.21. The van der Waals surface area contributed by atoms with E-state index in [0.29, 0.717) is 26.3 Å². The maximum Gasteiger partial charge on any atom is 0.309 e. The lowest BCUT2D eigenvalue weighted by molar-refractivity contribution is -0.139. The molecule has 0 radical (unpaired) electrons. The molecule has 1 aromatic rings. The highest BCUT2D eigenvalue weighted by Gasteiger charge is 2.26. The first kappa shape index (κ1) is 20.8. The topological polar surface area (TPSA) is 88.1 Å². The zero-order valence-corrected chi connectivity index (χ0v) is 16.6. The molecule has 3 rings (SSSR count). The molecule has 3 heterocycles. The summed E-state index contributed by atoms with van der Waals surface area (Å²) in [4.78, 5) is 28.9. The van der Waals surface area contributed by atoms with Gasteiger partial charge in [0.1, 0.15) is 0 Å². The van der Waals surface area contributed by atoms with Crippen molar-refractivity contribution in [3.63, 3.8) is 0 Å². The van der Waals surface area contributed by atoms with Gasteiger partial charge in [-0.1, -0.05) is 0 Å². The molecule has 0 saturated carbocycles. The molecular weight excluding hydrogens is 362 g/mol. The summed E-state index contributed by atoms with van der Waals surface area (Å²) >= 11 is 0. The van der Waals surface area contributed by atoms with Gasteiger partial charge in [-0.2, -0.15) is 0 Å². The Labute approximate surface area is 165 Å². The number of nitrogens with one attached hydrogen (secondary N) is 2. The summed E-state index contributed by atoms with van der Waals surface area (Å²) in [5.74, 6) is -1.17. The Bertz CT molecular complexity index is 638. The van der Waals surface area contributed by atoms with E-state index in [-0.39, 0.29) is 6.04 Å². The minimum absolute atomic E-state index is 0.00833. The lowest BCUT2D eigenvalue weighted by Crippen LogP contribution is -2.48. The van der Waals surface area contributed by atoms with Crippen LogP contribution in [0.5, 0.6) is 0 Å². The van der Waals surface area contributed by atoms with E-state index in [4.69, 9.17) is 9.47 Å². The first-order valence-corrected chi connectivity index (χ1v) is 9.94. The molecule has 2 aliphatic rings. The number of carbonyl (C=O) groups excluding carboxylic acids is 2. The quantitative estimate of drug-likeness (QED) is 0.576. The average molecular weight is 393 g/mol. The Balaban J connectivity index is 1.47.